The third kappa shape index (κ3) is 3.92. The molecule has 10 nitrogen and oxygen atoms in total. The highest BCUT2D eigenvalue weighted by Gasteiger charge is 2.44. The molecule has 164 valence electrons. The van der Waals surface area contributed by atoms with Crippen LogP contribution in [0, 0.1) is 5.82 Å². The van der Waals surface area contributed by atoms with Gasteiger partial charge in [0, 0.05) is 12.7 Å². The number of rotatable bonds is 6. The van der Waals surface area contributed by atoms with Gasteiger partial charge in [-0.15, -0.1) is 0 Å². The molecule has 2 fully saturated rings. The quantitative estimate of drug-likeness (QED) is 0.521. The zero-order valence-electron chi connectivity index (χ0n) is 16.5. The fraction of sp³-hybridized carbons (Fsp3) is 0.450. The summed E-state index contributed by atoms with van der Waals surface area (Å²) in [5.74, 6) is 0.445. The fourth-order valence-electron chi connectivity index (χ4n) is 3.82. The van der Waals surface area contributed by atoms with E-state index >= 15 is 0 Å². The number of ether oxygens (including phenoxy) is 3. The van der Waals surface area contributed by atoms with E-state index in [1.807, 2.05) is 0 Å². The summed E-state index contributed by atoms with van der Waals surface area (Å²) in [4.78, 5) is 12.9. The summed E-state index contributed by atoms with van der Waals surface area (Å²) in [6, 6.07) is 5.81. The van der Waals surface area contributed by atoms with Gasteiger partial charge in [0.05, 0.1) is 19.0 Å². The molecule has 0 spiro atoms. The number of benzene rings is 1. The summed E-state index contributed by atoms with van der Waals surface area (Å²) in [6.07, 6.45) is -0.406. The number of halogens is 1. The van der Waals surface area contributed by atoms with E-state index in [-0.39, 0.29) is 12.6 Å². The van der Waals surface area contributed by atoms with E-state index in [2.05, 4.69) is 20.3 Å². The van der Waals surface area contributed by atoms with Crippen molar-refractivity contribution in [3.63, 3.8) is 0 Å². The Morgan fingerprint density at radius 3 is 2.94 bits per heavy atom. The van der Waals surface area contributed by atoms with Crippen molar-refractivity contribution in [2.75, 3.05) is 25.1 Å². The van der Waals surface area contributed by atoms with Crippen molar-refractivity contribution in [1.29, 1.82) is 0 Å². The first-order valence-electron chi connectivity index (χ1n) is 10.0. The molecule has 2 saturated heterocycles. The van der Waals surface area contributed by atoms with Gasteiger partial charge < -0.3 is 29.7 Å². The zero-order chi connectivity index (χ0) is 21.4. The fourth-order valence-corrected chi connectivity index (χ4v) is 3.82. The van der Waals surface area contributed by atoms with Gasteiger partial charge in [0.2, 0.25) is 0 Å². The maximum absolute atomic E-state index is 13.3. The van der Waals surface area contributed by atoms with Crippen molar-refractivity contribution in [2.24, 2.45) is 0 Å². The van der Waals surface area contributed by atoms with Crippen molar-refractivity contribution < 1.29 is 28.8 Å². The zero-order valence-corrected chi connectivity index (χ0v) is 16.5. The Hall–Kier alpha value is -2.86. The average Bonchev–Trinajstić information content (AvgIpc) is 3.49. The molecule has 0 amide bonds. The van der Waals surface area contributed by atoms with Gasteiger partial charge in [0.25, 0.3) is 0 Å². The van der Waals surface area contributed by atoms with Crippen LogP contribution in [0.2, 0.25) is 0 Å². The van der Waals surface area contributed by atoms with Crippen LogP contribution in [-0.2, 0) is 9.47 Å². The van der Waals surface area contributed by atoms with Crippen LogP contribution in [0.4, 0.5) is 10.2 Å². The van der Waals surface area contributed by atoms with Crippen LogP contribution in [0.25, 0.3) is 11.2 Å². The van der Waals surface area contributed by atoms with Crippen LogP contribution in [0.5, 0.6) is 5.75 Å². The predicted octanol–water partition coefficient (Wildman–Crippen LogP) is 0.864. The molecule has 2 aromatic heterocycles. The smallest absolute Gasteiger partial charge is 0.167 e. The highest BCUT2D eigenvalue weighted by Crippen LogP contribution is 2.33. The van der Waals surface area contributed by atoms with Crippen molar-refractivity contribution in [3.05, 3.63) is 42.7 Å². The molecule has 4 heterocycles. The Morgan fingerprint density at radius 1 is 1.23 bits per heavy atom. The van der Waals surface area contributed by atoms with Gasteiger partial charge in [-0.2, -0.15) is 0 Å². The maximum Gasteiger partial charge on any atom is 0.167 e. The number of fused-ring (bicyclic) bond motifs is 1. The second-order valence-electron chi connectivity index (χ2n) is 7.57. The summed E-state index contributed by atoms with van der Waals surface area (Å²) < 4.78 is 31.7. The first kappa shape index (κ1) is 20.1. The monoisotopic (exact) mass is 431 g/mol. The third-order valence-electron chi connectivity index (χ3n) is 5.45. The van der Waals surface area contributed by atoms with Crippen LogP contribution >= 0.6 is 0 Å². The Morgan fingerprint density at radius 2 is 2.13 bits per heavy atom. The Balaban J connectivity index is 1.33. The lowest BCUT2D eigenvalue weighted by Gasteiger charge is -2.17. The van der Waals surface area contributed by atoms with E-state index in [4.69, 9.17) is 14.2 Å². The molecule has 5 rings (SSSR count). The van der Waals surface area contributed by atoms with Gasteiger partial charge in [0.1, 0.15) is 42.8 Å². The molecular formula is C20H22FN5O5. The molecule has 0 saturated carbocycles. The number of imidazole rings is 1. The van der Waals surface area contributed by atoms with E-state index in [0.717, 1.165) is 6.42 Å². The molecule has 3 N–H and O–H groups in total. The van der Waals surface area contributed by atoms with Gasteiger partial charge in [-0.1, -0.05) is 6.07 Å². The number of hydrogen-bond donors (Lipinski definition) is 3. The molecular weight excluding hydrogens is 409 g/mol. The van der Waals surface area contributed by atoms with Gasteiger partial charge >= 0.3 is 0 Å². The average molecular weight is 431 g/mol. The van der Waals surface area contributed by atoms with E-state index in [0.29, 0.717) is 35.9 Å². The Bertz CT molecular complexity index is 1060. The lowest BCUT2D eigenvalue weighted by molar-refractivity contribution is -0.0474. The largest absolute Gasteiger partial charge is 0.491 e. The van der Waals surface area contributed by atoms with Crippen LogP contribution in [0.1, 0.15) is 12.6 Å². The van der Waals surface area contributed by atoms with Crippen molar-refractivity contribution in [3.8, 4) is 5.75 Å². The molecule has 5 atom stereocenters. The highest BCUT2D eigenvalue weighted by atomic mass is 19.1. The number of anilines is 1. The number of nitrogens with zero attached hydrogens (tertiary/aromatic N) is 4. The van der Waals surface area contributed by atoms with Crippen LogP contribution in [0.3, 0.4) is 0 Å². The standard InChI is InChI=1S/C20H22FN5O5/c21-11-2-1-3-13(6-11)30-8-14-16(27)17(28)20(31-14)26-10-24-15-18(22-9-23-19(15)26)25-12-4-5-29-7-12/h1-3,6,9-10,12,14,16-17,20,27-28H,4-5,7-8H2,(H,22,23,25)/t12?,14-,16-,17-,20?/m1/s1. The summed E-state index contributed by atoms with van der Waals surface area (Å²) in [5.41, 5.74) is 0.985. The summed E-state index contributed by atoms with van der Waals surface area (Å²) >= 11 is 0. The first-order chi connectivity index (χ1) is 15.1. The predicted molar refractivity (Wildman–Crippen MR) is 106 cm³/mol. The van der Waals surface area contributed by atoms with E-state index in [1.165, 1.54) is 30.9 Å². The van der Waals surface area contributed by atoms with Gasteiger partial charge in [-0.25, -0.2) is 19.3 Å². The molecule has 2 unspecified atom stereocenters. The highest BCUT2D eigenvalue weighted by molar-refractivity contribution is 5.82. The van der Waals surface area contributed by atoms with Crippen LogP contribution in [0.15, 0.2) is 36.9 Å². The SMILES string of the molecule is O[C@@H]1[C@@H](COc2cccc(F)c2)OC(n2cnc3c(NC4CCOC4)ncnc32)[C@@H]1O. The van der Waals surface area contributed by atoms with Crippen molar-refractivity contribution >= 4 is 17.0 Å². The number of aliphatic hydroxyl groups is 2. The van der Waals surface area contributed by atoms with Crippen molar-refractivity contribution in [2.45, 2.75) is 37.0 Å². The number of hydrogen-bond acceptors (Lipinski definition) is 9. The van der Waals surface area contributed by atoms with E-state index in [9.17, 15) is 14.6 Å². The topological polar surface area (TPSA) is 124 Å². The Labute approximate surface area is 176 Å². The lowest BCUT2D eigenvalue weighted by Crippen LogP contribution is -2.34. The molecule has 31 heavy (non-hydrogen) atoms. The Kier molecular flexibility index (Phi) is 5.40. The molecule has 3 aromatic rings. The molecule has 11 heteroatoms. The molecule has 0 bridgehead atoms. The minimum Gasteiger partial charge on any atom is -0.491 e. The molecule has 0 radical (unpaired) electrons. The van der Waals surface area contributed by atoms with Gasteiger partial charge in [0.15, 0.2) is 23.2 Å². The second kappa shape index (κ2) is 8.35. The minimum absolute atomic E-state index is 0.0612. The van der Waals surface area contributed by atoms with Gasteiger partial charge in [-0.05, 0) is 18.6 Å². The molecule has 0 aliphatic carbocycles. The van der Waals surface area contributed by atoms with E-state index < -0.39 is 30.4 Å². The second-order valence-corrected chi connectivity index (χ2v) is 7.57. The molecule has 1 aromatic carbocycles. The maximum atomic E-state index is 13.3. The summed E-state index contributed by atoms with van der Waals surface area (Å²) in [7, 11) is 0. The summed E-state index contributed by atoms with van der Waals surface area (Å²) in [6.45, 7) is 1.23. The number of aromatic nitrogens is 4. The van der Waals surface area contributed by atoms with Crippen LogP contribution in [-0.4, -0.2) is 73.9 Å². The normalized spacial score (nSPS) is 28.3. The lowest BCUT2D eigenvalue weighted by atomic mass is 10.1. The van der Waals surface area contributed by atoms with Crippen molar-refractivity contribution in [1.82, 2.24) is 19.5 Å². The first-order valence-corrected chi connectivity index (χ1v) is 10.0. The number of aliphatic hydroxyl groups excluding tert-OH is 2. The molecule has 2 aliphatic heterocycles. The van der Waals surface area contributed by atoms with E-state index in [1.54, 1.807) is 10.6 Å². The minimum atomic E-state index is -1.23. The molecule has 2 aliphatic rings. The third-order valence-corrected chi connectivity index (χ3v) is 5.45. The number of nitrogens with one attached hydrogen (secondary N) is 1. The summed E-state index contributed by atoms with van der Waals surface area (Å²) in [5, 5.41) is 24.3. The van der Waals surface area contributed by atoms with Gasteiger partial charge in [-0.3, -0.25) is 4.57 Å². The van der Waals surface area contributed by atoms with Crippen LogP contribution < -0.4 is 10.1 Å².